The van der Waals surface area contributed by atoms with Gasteiger partial charge < -0.3 is 4.65 Å². The smallest absolute Gasteiger partial charge is 0.309 e. The van der Waals surface area contributed by atoms with Crippen molar-refractivity contribution in [2.24, 2.45) is 0 Å². The van der Waals surface area contributed by atoms with Crippen molar-refractivity contribution in [1.29, 1.82) is 0 Å². The number of fused-ring (bicyclic) bond motifs is 1. The van der Waals surface area contributed by atoms with Crippen LogP contribution in [-0.4, -0.2) is 7.48 Å². The Morgan fingerprint density at radius 2 is 2.40 bits per heavy atom. The topological polar surface area (TPSA) is 9.23 Å². The van der Waals surface area contributed by atoms with Gasteiger partial charge >= 0.3 is 7.48 Å². The molecule has 0 N–H and O–H groups in total. The van der Waals surface area contributed by atoms with Crippen LogP contribution in [0.4, 0.5) is 0 Å². The molecule has 0 aromatic heterocycles. The first-order chi connectivity index (χ1) is 4.88. The van der Waals surface area contributed by atoms with Gasteiger partial charge in [-0.2, -0.15) is 0 Å². The molecular formula is C8H9BO. The molecule has 0 unspecified atom stereocenters. The van der Waals surface area contributed by atoms with Gasteiger partial charge in [0.1, 0.15) is 0 Å². The van der Waals surface area contributed by atoms with E-state index in [2.05, 4.69) is 25.1 Å². The zero-order chi connectivity index (χ0) is 6.97. The van der Waals surface area contributed by atoms with E-state index in [9.17, 15) is 0 Å². The van der Waals surface area contributed by atoms with Gasteiger partial charge in [-0.25, -0.2) is 0 Å². The van der Waals surface area contributed by atoms with Gasteiger partial charge in [0.15, 0.2) is 0 Å². The van der Waals surface area contributed by atoms with Gasteiger partial charge in [-0.05, 0) is 17.9 Å². The molecule has 1 heterocycles. The van der Waals surface area contributed by atoms with Crippen LogP contribution >= 0.6 is 0 Å². The minimum Gasteiger partial charge on any atom is -0.430 e. The summed E-state index contributed by atoms with van der Waals surface area (Å²) in [6.45, 7) is 2.94. The van der Waals surface area contributed by atoms with Crippen LogP contribution in [0.5, 0.6) is 0 Å². The van der Waals surface area contributed by atoms with Crippen LogP contribution in [0, 0.1) is 6.92 Å². The van der Waals surface area contributed by atoms with E-state index in [1.165, 1.54) is 16.6 Å². The normalized spacial score (nSPS) is 14.5. The van der Waals surface area contributed by atoms with Crippen molar-refractivity contribution in [3.05, 3.63) is 29.3 Å². The second-order valence-electron chi connectivity index (χ2n) is 2.71. The molecule has 2 rings (SSSR count). The lowest BCUT2D eigenvalue weighted by molar-refractivity contribution is 0.345. The van der Waals surface area contributed by atoms with Crippen molar-refractivity contribution >= 4 is 12.9 Å². The van der Waals surface area contributed by atoms with E-state index >= 15 is 0 Å². The van der Waals surface area contributed by atoms with Crippen LogP contribution < -0.4 is 5.46 Å². The molecule has 1 aromatic carbocycles. The Kier molecular flexibility index (Phi) is 1.28. The Morgan fingerprint density at radius 3 is 3.20 bits per heavy atom. The fraction of sp³-hybridized carbons (Fsp3) is 0.250. The average molecular weight is 132 g/mol. The maximum atomic E-state index is 5.30. The van der Waals surface area contributed by atoms with Crippen molar-refractivity contribution in [3.8, 4) is 0 Å². The van der Waals surface area contributed by atoms with E-state index in [4.69, 9.17) is 4.65 Å². The van der Waals surface area contributed by atoms with Crippen LogP contribution in [0.15, 0.2) is 18.2 Å². The summed E-state index contributed by atoms with van der Waals surface area (Å²) in [7, 11) is 0.808. The number of rotatable bonds is 0. The molecule has 2 heteroatoms. The third-order valence-corrected chi connectivity index (χ3v) is 2.01. The standard InChI is InChI=1S/C8H9BO/c1-6-3-2-4-7-5-10-9-8(6)7/h2-4,9H,5H2,1H3. The van der Waals surface area contributed by atoms with Crippen molar-refractivity contribution in [2.45, 2.75) is 13.5 Å². The molecule has 1 aliphatic rings. The molecule has 1 aromatic rings. The van der Waals surface area contributed by atoms with Crippen molar-refractivity contribution in [2.75, 3.05) is 0 Å². The Bertz CT molecular complexity index is 257. The van der Waals surface area contributed by atoms with Crippen LogP contribution in [0.1, 0.15) is 11.1 Å². The van der Waals surface area contributed by atoms with Crippen LogP contribution in [-0.2, 0) is 11.3 Å². The van der Waals surface area contributed by atoms with E-state index in [0.717, 1.165) is 14.1 Å². The maximum absolute atomic E-state index is 5.30. The molecule has 50 valence electrons. The lowest BCUT2D eigenvalue weighted by Crippen LogP contribution is -2.14. The van der Waals surface area contributed by atoms with Gasteiger partial charge in [-0.1, -0.05) is 23.8 Å². The summed E-state index contributed by atoms with van der Waals surface area (Å²) in [4.78, 5) is 0. The molecule has 10 heavy (non-hydrogen) atoms. The highest BCUT2D eigenvalue weighted by molar-refractivity contribution is 6.49. The second-order valence-corrected chi connectivity index (χ2v) is 2.71. The Labute approximate surface area is 61.3 Å². The highest BCUT2D eigenvalue weighted by Crippen LogP contribution is 2.07. The molecule has 0 radical (unpaired) electrons. The van der Waals surface area contributed by atoms with Gasteiger partial charge in [-0.3, -0.25) is 0 Å². The molecule has 0 amide bonds. The monoisotopic (exact) mass is 132 g/mol. The number of hydrogen-bond acceptors (Lipinski definition) is 1. The van der Waals surface area contributed by atoms with Gasteiger partial charge in [-0.15, -0.1) is 0 Å². The van der Waals surface area contributed by atoms with Gasteiger partial charge in [0, 0.05) is 0 Å². The number of hydrogen-bond donors (Lipinski definition) is 0. The Balaban J connectivity index is 2.59. The first kappa shape index (κ1) is 5.99. The summed E-state index contributed by atoms with van der Waals surface area (Å²) in [5, 5.41) is 0. The lowest BCUT2D eigenvalue weighted by Gasteiger charge is -1.98. The van der Waals surface area contributed by atoms with E-state index in [1.807, 2.05) is 0 Å². The lowest BCUT2D eigenvalue weighted by atomic mass is 9.84. The zero-order valence-corrected chi connectivity index (χ0v) is 6.05. The molecule has 0 bridgehead atoms. The second kappa shape index (κ2) is 2.13. The largest absolute Gasteiger partial charge is 0.430 e. The van der Waals surface area contributed by atoms with Gasteiger partial charge in [0.2, 0.25) is 0 Å². The number of aryl methyl sites for hydroxylation is 1. The molecule has 1 aliphatic heterocycles. The quantitative estimate of drug-likeness (QED) is 0.467. The molecule has 0 spiro atoms. The molecule has 0 fully saturated rings. The minimum absolute atomic E-state index is 0.803. The van der Waals surface area contributed by atoms with E-state index in [1.54, 1.807) is 0 Å². The van der Waals surface area contributed by atoms with Gasteiger partial charge in [0.25, 0.3) is 0 Å². The summed E-state index contributed by atoms with van der Waals surface area (Å²) in [5.74, 6) is 0. The molecule has 0 atom stereocenters. The Morgan fingerprint density at radius 1 is 1.50 bits per heavy atom. The van der Waals surface area contributed by atoms with E-state index in [0.29, 0.717) is 0 Å². The average Bonchev–Trinajstić information content (AvgIpc) is 2.36. The highest BCUT2D eigenvalue weighted by atomic mass is 16.4. The van der Waals surface area contributed by atoms with Crippen molar-refractivity contribution < 1.29 is 4.65 Å². The Hall–Kier alpha value is -0.755. The summed E-state index contributed by atoms with van der Waals surface area (Å²) < 4.78 is 5.30. The fourth-order valence-corrected chi connectivity index (χ4v) is 1.37. The number of benzene rings is 1. The molecule has 0 saturated carbocycles. The molecule has 0 saturated heterocycles. The van der Waals surface area contributed by atoms with E-state index in [-0.39, 0.29) is 0 Å². The van der Waals surface area contributed by atoms with Crippen LogP contribution in [0.3, 0.4) is 0 Å². The fourth-order valence-electron chi connectivity index (χ4n) is 1.37. The van der Waals surface area contributed by atoms with E-state index < -0.39 is 0 Å². The first-order valence-electron chi connectivity index (χ1n) is 3.53. The third kappa shape index (κ3) is 0.763. The summed E-state index contributed by atoms with van der Waals surface area (Å²) >= 11 is 0. The van der Waals surface area contributed by atoms with Crippen LogP contribution in [0.2, 0.25) is 0 Å². The summed E-state index contributed by atoms with van der Waals surface area (Å²) in [5.41, 5.74) is 4.11. The zero-order valence-electron chi connectivity index (χ0n) is 6.05. The minimum atomic E-state index is 0.803. The SMILES string of the molecule is Cc1cccc2c1BOC2. The maximum Gasteiger partial charge on any atom is 0.309 e. The first-order valence-corrected chi connectivity index (χ1v) is 3.53. The predicted molar refractivity (Wildman–Crippen MR) is 42.8 cm³/mol. The third-order valence-electron chi connectivity index (χ3n) is 2.01. The van der Waals surface area contributed by atoms with Crippen molar-refractivity contribution in [3.63, 3.8) is 0 Å². The molecule has 1 nitrogen and oxygen atoms in total. The van der Waals surface area contributed by atoms with Gasteiger partial charge in [0.05, 0.1) is 6.61 Å². The summed E-state index contributed by atoms with van der Waals surface area (Å²) in [6, 6.07) is 6.35. The molecular weight excluding hydrogens is 123 g/mol. The van der Waals surface area contributed by atoms with Crippen LogP contribution in [0.25, 0.3) is 0 Å². The molecule has 0 aliphatic carbocycles. The van der Waals surface area contributed by atoms with Crippen molar-refractivity contribution in [1.82, 2.24) is 0 Å². The summed E-state index contributed by atoms with van der Waals surface area (Å²) in [6.07, 6.45) is 0. The highest BCUT2D eigenvalue weighted by Gasteiger charge is 2.13. The predicted octanol–water partition coefficient (Wildman–Crippen LogP) is 0.502.